The molecule has 0 spiro atoms. The van der Waals surface area contributed by atoms with Gasteiger partial charge in [-0.1, -0.05) is 12.1 Å². The van der Waals surface area contributed by atoms with Crippen molar-refractivity contribution >= 4 is 12.2 Å². The van der Waals surface area contributed by atoms with Gasteiger partial charge in [-0.2, -0.15) is 18.3 Å². The minimum absolute atomic E-state index is 0.307. The van der Waals surface area contributed by atoms with Crippen LogP contribution < -0.4 is 5.32 Å². The quantitative estimate of drug-likeness (QED) is 0.810. The van der Waals surface area contributed by atoms with E-state index in [-0.39, 0.29) is 6.03 Å². The van der Waals surface area contributed by atoms with Gasteiger partial charge in [0.05, 0.1) is 18.3 Å². The fourth-order valence-electron chi connectivity index (χ4n) is 1.47. The zero-order valence-corrected chi connectivity index (χ0v) is 9.24. The van der Waals surface area contributed by atoms with Crippen molar-refractivity contribution in [3.63, 3.8) is 0 Å². The average molecular weight is 257 g/mol. The third-order valence-corrected chi connectivity index (χ3v) is 2.42. The van der Waals surface area contributed by atoms with Crippen LogP contribution in [0.5, 0.6) is 0 Å². The number of carbonyl (C=O) groups excluding carboxylic acids is 1. The molecule has 96 valence electrons. The topological polar surface area (TPSA) is 44.7 Å². The van der Waals surface area contributed by atoms with E-state index in [9.17, 15) is 18.0 Å². The van der Waals surface area contributed by atoms with E-state index < -0.39 is 11.7 Å². The lowest BCUT2D eigenvalue weighted by Gasteiger charge is -2.07. The number of nitrogens with one attached hydrogen (secondary N) is 1. The summed E-state index contributed by atoms with van der Waals surface area (Å²) in [6, 6.07) is 4.26. The molecule has 0 aromatic heterocycles. The number of halogens is 3. The molecular weight excluding hydrogens is 247 g/mol. The summed E-state index contributed by atoms with van der Waals surface area (Å²) in [4.78, 5) is 11.1. The molecule has 1 N–H and O–H groups in total. The van der Waals surface area contributed by atoms with Gasteiger partial charge < -0.3 is 5.32 Å². The van der Waals surface area contributed by atoms with Crippen LogP contribution in [0.3, 0.4) is 0 Å². The summed E-state index contributed by atoms with van der Waals surface area (Å²) < 4.78 is 36.9. The largest absolute Gasteiger partial charge is 0.416 e. The molecule has 1 saturated heterocycles. The van der Waals surface area contributed by atoms with Crippen molar-refractivity contribution in [2.45, 2.75) is 6.18 Å². The van der Waals surface area contributed by atoms with Gasteiger partial charge in [-0.3, -0.25) is 0 Å². The number of rotatable bonds is 2. The van der Waals surface area contributed by atoms with E-state index in [4.69, 9.17) is 0 Å². The van der Waals surface area contributed by atoms with E-state index in [0.29, 0.717) is 18.7 Å². The Morgan fingerprint density at radius 1 is 1.28 bits per heavy atom. The summed E-state index contributed by atoms with van der Waals surface area (Å²) in [6.45, 7) is 0.971. The highest BCUT2D eigenvalue weighted by Crippen LogP contribution is 2.28. The van der Waals surface area contributed by atoms with Gasteiger partial charge in [-0.25, -0.2) is 9.80 Å². The minimum Gasteiger partial charge on any atom is -0.335 e. The second kappa shape index (κ2) is 4.67. The number of carbonyl (C=O) groups is 1. The molecule has 1 aliphatic rings. The van der Waals surface area contributed by atoms with Gasteiger partial charge in [0.2, 0.25) is 0 Å². The molecular formula is C11H10F3N3O. The molecule has 0 unspecified atom stereocenters. The highest BCUT2D eigenvalue weighted by atomic mass is 19.4. The number of hydrazone groups is 1. The maximum absolute atomic E-state index is 12.3. The van der Waals surface area contributed by atoms with Crippen LogP contribution in [0.1, 0.15) is 11.1 Å². The van der Waals surface area contributed by atoms with Crippen LogP contribution in [-0.2, 0) is 6.18 Å². The second-order valence-corrected chi connectivity index (χ2v) is 3.72. The summed E-state index contributed by atoms with van der Waals surface area (Å²) in [5.41, 5.74) is -0.207. The fourth-order valence-corrected chi connectivity index (χ4v) is 1.47. The Kier molecular flexibility index (Phi) is 3.22. The van der Waals surface area contributed by atoms with Gasteiger partial charge in [0, 0.05) is 6.54 Å². The average Bonchev–Trinajstić information content (AvgIpc) is 2.72. The fraction of sp³-hybridized carbons (Fsp3) is 0.273. The number of nitrogens with zero attached hydrogens (tertiary/aromatic N) is 2. The molecule has 0 aliphatic carbocycles. The van der Waals surface area contributed by atoms with Crippen molar-refractivity contribution < 1.29 is 18.0 Å². The van der Waals surface area contributed by atoms with Crippen LogP contribution in [0.15, 0.2) is 29.4 Å². The molecule has 1 fully saturated rings. The summed E-state index contributed by atoms with van der Waals surface area (Å²) >= 11 is 0. The van der Waals surface area contributed by atoms with E-state index in [1.54, 1.807) is 0 Å². The Balaban J connectivity index is 2.06. The molecule has 18 heavy (non-hydrogen) atoms. The highest BCUT2D eigenvalue weighted by molar-refractivity contribution is 5.82. The van der Waals surface area contributed by atoms with Gasteiger partial charge in [0.1, 0.15) is 0 Å². The Bertz CT molecular complexity index is 467. The lowest BCUT2D eigenvalue weighted by molar-refractivity contribution is -0.137. The normalized spacial score (nSPS) is 16.4. The van der Waals surface area contributed by atoms with E-state index in [1.165, 1.54) is 23.4 Å². The molecule has 0 atom stereocenters. The third kappa shape index (κ3) is 2.79. The SMILES string of the molecule is O=C1NCCN1/N=C/c1ccc(C(F)(F)F)cc1. The molecule has 7 heteroatoms. The lowest BCUT2D eigenvalue weighted by atomic mass is 10.1. The van der Waals surface area contributed by atoms with E-state index in [1.807, 2.05) is 0 Å². The maximum atomic E-state index is 12.3. The molecule has 0 radical (unpaired) electrons. The summed E-state index contributed by atoms with van der Waals surface area (Å²) in [5, 5.41) is 7.66. The van der Waals surface area contributed by atoms with Crippen molar-refractivity contribution in [2.75, 3.05) is 13.1 Å². The minimum atomic E-state index is -4.34. The van der Waals surface area contributed by atoms with Gasteiger partial charge in [-0.05, 0) is 17.7 Å². The zero-order chi connectivity index (χ0) is 13.2. The molecule has 2 rings (SSSR count). The Morgan fingerprint density at radius 3 is 2.44 bits per heavy atom. The van der Waals surface area contributed by atoms with Crippen LogP contribution in [0.2, 0.25) is 0 Å². The predicted octanol–water partition coefficient (Wildman–Crippen LogP) is 2.06. The first-order chi connectivity index (χ1) is 8.47. The lowest BCUT2D eigenvalue weighted by Crippen LogP contribution is -2.23. The van der Waals surface area contributed by atoms with Gasteiger partial charge in [0.25, 0.3) is 0 Å². The Morgan fingerprint density at radius 2 is 1.94 bits per heavy atom. The zero-order valence-electron chi connectivity index (χ0n) is 9.24. The Labute approximate surface area is 101 Å². The maximum Gasteiger partial charge on any atom is 0.416 e. The molecule has 0 bridgehead atoms. The van der Waals surface area contributed by atoms with Crippen molar-refractivity contribution in [1.82, 2.24) is 10.3 Å². The van der Waals surface area contributed by atoms with Crippen LogP contribution in [0, 0.1) is 0 Å². The standard InChI is InChI=1S/C11H10F3N3O/c12-11(13,14)9-3-1-8(2-4-9)7-16-17-6-5-15-10(17)18/h1-4,7H,5-6H2,(H,15,18)/b16-7+. The van der Waals surface area contributed by atoms with E-state index >= 15 is 0 Å². The highest BCUT2D eigenvalue weighted by Gasteiger charge is 2.29. The molecule has 0 saturated carbocycles. The number of amides is 2. The smallest absolute Gasteiger partial charge is 0.335 e. The third-order valence-electron chi connectivity index (χ3n) is 2.42. The van der Waals surface area contributed by atoms with Gasteiger partial charge in [-0.15, -0.1) is 0 Å². The number of benzene rings is 1. The first-order valence-corrected chi connectivity index (χ1v) is 5.23. The Hall–Kier alpha value is -2.05. The van der Waals surface area contributed by atoms with Crippen molar-refractivity contribution in [3.8, 4) is 0 Å². The molecule has 1 heterocycles. The molecule has 1 aliphatic heterocycles. The van der Waals surface area contributed by atoms with Crippen LogP contribution in [-0.4, -0.2) is 30.3 Å². The first kappa shape index (κ1) is 12.4. The molecule has 1 aromatic rings. The van der Waals surface area contributed by atoms with E-state index in [2.05, 4.69) is 10.4 Å². The van der Waals surface area contributed by atoms with E-state index in [0.717, 1.165) is 12.1 Å². The van der Waals surface area contributed by atoms with Crippen LogP contribution in [0.25, 0.3) is 0 Å². The van der Waals surface area contributed by atoms with Crippen molar-refractivity contribution in [1.29, 1.82) is 0 Å². The predicted molar refractivity (Wildman–Crippen MR) is 59.1 cm³/mol. The summed E-state index contributed by atoms with van der Waals surface area (Å²) in [6.07, 6.45) is -2.99. The number of hydrogen-bond acceptors (Lipinski definition) is 2. The molecule has 2 amide bonds. The summed E-state index contributed by atoms with van der Waals surface area (Å²) in [7, 11) is 0. The summed E-state index contributed by atoms with van der Waals surface area (Å²) in [5.74, 6) is 0. The number of urea groups is 1. The van der Waals surface area contributed by atoms with Crippen molar-refractivity contribution in [2.24, 2.45) is 5.10 Å². The molecule has 1 aromatic carbocycles. The monoisotopic (exact) mass is 257 g/mol. The molecule has 4 nitrogen and oxygen atoms in total. The number of alkyl halides is 3. The number of hydrogen-bond donors (Lipinski definition) is 1. The van der Waals surface area contributed by atoms with Crippen LogP contribution in [0.4, 0.5) is 18.0 Å². The van der Waals surface area contributed by atoms with Gasteiger partial charge >= 0.3 is 12.2 Å². The second-order valence-electron chi connectivity index (χ2n) is 3.72. The van der Waals surface area contributed by atoms with Gasteiger partial charge in [0.15, 0.2) is 0 Å². The van der Waals surface area contributed by atoms with Crippen molar-refractivity contribution in [3.05, 3.63) is 35.4 Å². The first-order valence-electron chi connectivity index (χ1n) is 5.23. The van der Waals surface area contributed by atoms with Crippen LogP contribution >= 0.6 is 0 Å².